The number of carbonyl (C=O) groups is 2. The highest BCUT2D eigenvalue weighted by Gasteiger charge is 2.20. The fraction of sp³-hybridized carbons (Fsp3) is 0.130. The molecule has 0 unspecified atom stereocenters. The molecule has 0 radical (unpaired) electrons. The van der Waals surface area contributed by atoms with Crippen molar-refractivity contribution in [1.29, 1.82) is 0 Å². The summed E-state index contributed by atoms with van der Waals surface area (Å²) in [7, 11) is 4.37. The highest BCUT2D eigenvalue weighted by Crippen LogP contribution is 2.39. The van der Waals surface area contributed by atoms with E-state index in [9.17, 15) is 9.59 Å². The van der Waals surface area contributed by atoms with Gasteiger partial charge in [-0.1, -0.05) is 15.9 Å². The van der Waals surface area contributed by atoms with Crippen LogP contribution in [0.5, 0.6) is 23.0 Å². The van der Waals surface area contributed by atoms with Gasteiger partial charge in [-0.15, -0.1) is 0 Å². The summed E-state index contributed by atoms with van der Waals surface area (Å²) in [5, 5.41) is 3.99. The van der Waals surface area contributed by atoms with Gasteiger partial charge in [0, 0.05) is 26.9 Å². The summed E-state index contributed by atoms with van der Waals surface area (Å²) in [6, 6.07) is 7.96. The summed E-state index contributed by atoms with van der Waals surface area (Å²) >= 11 is 10.1. The molecule has 3 rings (SSSR count). The Kier molecular flexibility index (Phi) is 9.24. The van der Waals surface area contributed by atoms with Crippen molar-refractivity contribution >= 4 is 65.9 Å². The number of benzene rings is 2. The van der Waals surface area contributed by atoms with Gasteiger partial charge in [-0.3, -0.25) is 9.78 Å². The van der Waals surface area contributed by atoms with Crippen molar-refractivity contribution in [2.24, 2.45) is 5.10 Å². The van der Waals surface area contributed by atoms with Crippen molar-refractivity contribution in [2.45, 2.75) is 0 Å². The molecule has 0 aliphatic rings. The zero-order chi connectivity index (χ0) is 25.5. The van der Waals surface area contributed by atoms with Crippen molar-refractivity contribution < 1.29 is 28.5 Å². The van der Waals surface area contributed by atoms with Gasteiger partial charge in [-0.05, 0) is 62.2 Å². The molecule has 35 heavy (non-hydrogen) atoms. The lowest BCUT2D eigenvalue weighted by Gasteiger charge is -2.15. The van der Waals surface area contributed by atoms with Crippen LogP contribution in [-0.4, -0.2) is 44.4 Å². The fourth-order valence-corrected chi connectivity index (χ4v) is 4.60. The second-order valence-electron chi connectivity index (χ2n) is 6.70. The smallest absolute Gasteiger partial charge is 0.343 e. The van der Waals surface area contributed by atoms with E-state index in [4.69, 9.17) is 18.9 Å². The van der Waals surface area contributed by atoms with Crippen LogP contribution >= 0.6 is 47.8 Å². The predicted molar refractivity (Wildman–Crippen MR) is 140 cm³/mol. The SMILES string of the molecule is COc1cc(C(=O)Oc2c(Br)cc(Br)cc2/C=N\NC(=O)c2cncc(Br)c2)cc(OC)c1OC. The van der Waals surface area contributed by atoms with Gasteiger partial charge in [0.1, 0.15) is 0 Å². The number of ether oxygens (including phenoxy) is 4. The number of amides is 1. The van der Waals surface area contributed by atoms with Crippen LogP contribution < -0.4 is 24.4 Å². The highest BCUT2D eigenvalue weighted by molar-refractivity contribution is 9.11. The van der Waals surface area contributed by atoms with Crippen LogP contribution in [0.3, 0.4) is 0 Å². The van der Waals surface area contributed by atoms with Crippen molar-refractivity contribution in [3.05, 3.63) is 72.8 Å². The molecule has 0 saturated carbocycles. The van der Waals surface area contributed by atoms with Crippen molar-refractivity contribution in [1.82, 2.24) is 10.4 Å². The largest absolute Gasteiger partial charge is 0.493 e. The minimum Gasteiger partial charge on any atom is -0.493 e. The fourth-order valence-electron chi connectivity index (χ4n) is 2.90. The van der Waals surface area contributed by atoms with E-state index in [1.54, 1.807) is 24.4 Å². The van der Waals surface area contributed by atoms with Crippen molar-refractivity contribution in [2.75, 3.05) is 21.3 Å². The molecular weight excluding hydrogens is 654 g/mol. The van der Waals surface area contributed by atoms with Gasteiger partial charge in [0.25, 0.3) is 5.91 Å². The maximum atomic E-state index is 13.0. The zero-order valence-corrected chi connectivity index (χ0v) is 23.4. The molecule has 1 heterocycles. The van der Waals surface area contributed by atoms with Crippen LogP contribution in [0.1, 0.15) is 26.3 Å². The average Bonchev–Trinajstić information content (AvgIpc) is 2.84. The lowest BCUT2D eigenvalue weighted by atomic mass is 10.1. The summed E-state index contributed by atoms with van der Waals surface area (Å²) in [4.78, 5) is 29.3. The summed E-state index contributed by atoms with van der Waals surface area (Å²) in [5.74, 6) is 0.0151. The molecule has 0 spiro atoms. The monoisotopic (exact) mass is 669 g/mol. The Hall–Kier alpha value is -2.96. The molecule has 0 aliphatic carbocycles. The first kappa shape index (κ1) is 26.6. The highest BCUT2D eigenvalue weighted by atomic mass is 79.9. The Morgan fingerprint density at radius 2 is 1.54 bits per heavy atom. The van der Waals surface area contributed by atoms with E-state index in [1.165, 1.54) is 45.9 Å². The van der Waals surface area contributed by atoms with E-state index in [2.05, 4.69) is 63.3 Å². The first-order chi connectivity index (χ1) is 16.8. The van der Waals surface area contributed by atoms with Gasteiger partial charge < -0.3 is 18.9 Å². The number of hydrogen-bond donors (Lipinski definition) is 1. The third kappa shape index (κ3) is 6.59. The Labute approximate surface area is 226 Å². The minimum atomic E-state index is -0.675. The second-order valence-corrected chi connectivity index (χ2v) is 9.39. The van der Waals surface area contributed by atoms with E-state index in [0.717, 1.165) is 0 Å². The van der Waals surface area contributed by atoms with Crippen LogP contribution in [0.25, 0.3) is 0 Å². The van der Waals surface area contributed by atoms with Crippen LogP contribution in [0, 0.1) is 0 Å². The Morgan fingerprint density at radius 3 is 2.14 bits per heavy atom. The topological polar surface area (TPSA) is 108 Å². The number of aromatic nitrogens is 1. The first-order valence-corrected chi connectivity index (χ1v) is 12.1. The maximum Gasteiger partial charge on any atom is 0.343 e. The number of carbonyl (C=O) groups excluding carboxylic acids is 2. The van der Waals surface area contributed by atoms with Crippen molar-refractivity contribution in [3.63, 3.8) is 0 Å². The molecular formula is C23H18Br3N3O6. The second kappa shape index (κ2) is 12.1. The number of pyridine rings is 1. The van der Waals surface area contributed by atoms with Gasteiger partial charge in [0.05, 0.1) is 43.1 Å². The van der Waals surface area contributed by atoms with Gasteiger partial charge in [0.15, 0.2) is 17.2 Å². The standard InChI is InChI=1S/C23H18Br3N3O6/c1-32-18-6-12(7-19(33-2)21(18)34-3)23(31)35-20-13(4-15(24)8-17(20)26)10-28-29-22(30)14-5-16(25)11-27-9-14/h4-11H,1-3H3,(H,29,30)/b28-10-. The van der Waals surface area contributed by atoms with E-state index in [-0.39, 0.29) is 11.3 Å². The third-order valence-electron chi connectivity index (χ3n) is 4.47. The summed E-state index contributed by atoms with van der Waals surface area (Å²) in [5.41, 5.74) is 3.33. The van der Waals surface area contributed by atoms with Gasteiger partial charge in [0.2, 0.25) is 5.75 Å². The summed E-state index contributed by atoms with van der Waals surface area (Å²) in [6.07, 6.45) is 4.33. The summed E-state index contributed by atoms with van der Waals surface area (Å²) < 4.78 is 23.4. The molecule has 0 bridgehead atoms. The Bertz CT molecular complexity index is 1270. The van der Waals surface area contributed by atoms with Crippen LogP contribution in [-0.2, 0) is 0 Å². The van der Waals surface area contributed by atoms with Crippen LogP contribution in [0.4, 0.5) is 0 Å². The quantitative estimate of drug-likeness (QED) is 0.148. The molecule has 0 atom stereocenters. The van der Waals surface area contributed by atoms with E-state index >= 15 is 0 Å². The lowest BCUT2D eigenvalue weighted by Crippen LogP contribution is -2.18. The molecule has 0 saturated heterocycles. The first-order valence-electron chi connectivity index (χ1n) is 9.72. The van der Waals surface area contributed by atoms with E-state index in [0.29, 0.717) is 41.8 Å². The molecule has 3 aromatic rings. The molecule has 182 valence electrons. The Morgan fingerprint density at radius 1 is 0.857 bits per heavy atom. The van der Waals surface area contributed by atoms with Crippen molar-refractivity contribution in [3.8, 4) is 23.0 Å². The van der Waals surface area contributed by atoms with E-state index < -0.39 is 11.9 Å². The molecule has 0 aliphatic heterocycles. The molecule has 1 aromatic heterocycles. The molecule has 9 nitrogen and oxygen atoms in total. The number of nitrogens with zero attached hydrogens (tertiary/aromatic N) is 2. The number of hydrazone groups is 1. The van der Waals surface area contributed by atoms with Gasteiger partial charge in [-0.25, -0.2) is 10.2 Å². The van der Waals surface area contributed by atoms with Crippen LogP contribution in [0.15, 0.2) is 61.2 Å². The molecule has 1 amide bonds. The van der Waals surface area contributed by atoms with Crippen LogP contribution in [0.2, 0.25) is 0 Å². The third-order valence-corrected chi connectivity index (χ3v) is 5.95. The van der Waals surface area contributed by atoms with E-state index in [1.807, 2.05) is 0 Å². The number of halogens is 3. The minimum absolute atomic E-state index is 0.174. The Balaban J connectivity index is 1.87. The maximum absolute atomic E-state index is 13.0. The van der Waals surface area contributed by atoms with Gasteiger partial charge >= 0.3 is 5.97 Å². The van der Waals surface area contributed by atoms with Gasteiger partial charge in [-0.2, -0.15) is 5.10 Å². The number of esters is 1. The summed E-state index contributed by atoms with van der Waals surface area (Å²) in [6.45, 7) is 0. The predicted octanol–water partition coefficient (Wildman–Crippen LogP) is 5.38. The molecule has 12 heteroatoms. The molecule has 1 N–H and O–H groups in total. The number of hydrogen-bond acceptors (Lipinski definition) is 8. The normalized spacial score (nSPS) is 10.7. The molecule has 2 aromatic carbocycles. The molecule has 0 fully saturated rings. The lowest BCUT2D eigenvalue weighted by molar-refractivity contribution is 0.0732. The average molecular weight is 672 g/mol. The number of nitrogens with one attached hydrogen (secondary N) is 1. The number of rotatable bonds is 8. The number of methoxy groups -OCH3 is 3. The zero-order valence-electron chi connectivity index (χ0n) is 18.6.